The summed E-state index contributed by atoms with van der Waals surface area (Å²) in [5, 5.41) is 15.8. The van der Waals surface area contributed by atoms with E-state index in [0.29, 0.717) is 23.2 Å². The molecule has 5 nitrogen and oxygen atoms in total. The van der Waals surface area contributed by atoms with E-state index in [1.165, 1.54) is 0 Å². The molecule has 0 atom stereocenters. The second-order valence-electron chi connectivity index (χ2n) is 5.17. The quantitative estimate of drug-likeness (QED) is 0.890. The van der Waals surface area contributed by atoms with Crippen LogP contribution in [0.15, 0.2) is 18.2 Å². The molecule has 112 valence electrons. The van der Waals surface area contributed by atoms with E-state index in [1.807, 2.05) is 6.07 Å². The SMILES string of the molecule is CNC(=O)CN1CCC(Nc2ccc(Cl)cc2C#N)CC1. The smallest absolute Gasteiger partial charge is 0.233 e. The van der Waals surface area contributed by atoms with Gasteiger partial charge in [0.05, 0.1) is 17.8 Å². The summed E-state index contributed by atoms with van der Waals surface area (Å²) in [5.74, 6) is 0.0471. The second kappa shape index (κ2) is 7.30. The number of carbonyl (C=O) groups is 1. The molecule has 1 saturated heterocycles. The van der Waals surface area contributed by atoms with Gasteiger partial charge in [0.15, 0.2) is 0 Å². The molecule has 2 N–H and O–H groups in total. The maximum absolute atomic E-state index is 11.4. The summed E-state index contributed by atoms with van der Waals surface area (Å²) in [6, 6.07) is 7.78. The zero-order valence-corrected chi connectivity index (χ0v) is 12.8. The molecule has 0 aliphatic carbocycles. The molecule has 2 rings (SSSR count). The van der Waals surface area contributed by atoms with Crippen LogP contribution in [0.1, 0.15) is 18.4 Å². The lowest BCUT2D eigenvalue weighted by Crippen LogP contribution is -2.43. The highest BCUT2D eigenvalue weighted by atomic mass is 35.5. The first-order valence-corrected chi connectivity index (χ1v) is 7.39. The Bertz CT molecular complexity index is 547. The Labute approximate surface area is 129 Å². The minimum absolute atomic E-state index is 0.0471. The Kier molecular flexibility index (Phi) is 5.43. The van der Waals surface area contributed by atoms with Gasteiger partial charge in [-0.25, -0.2) is 0 Å². The highest BCUT2D eigenvalue weighted by Crippen LogP contribution is 2.23. The summed E-state index contributed by atoms with van der Waals surface area (Å²) in [6.45, 7) is 2.20. The highest BCUT2D eigenvalue weighted by molar-refractivity contribution is 6.30. The number of carbonyl (C=O) groups excluding carboxylic acids is 1. The van der Waals surface area contributed by atoms with Crippen molar-refractivity contribution in [2.75, 3.05) is 32.0 Å². The molecule has 1 fully saturated rings. The van der Waals surface area contributed by atoms with Gasteiger partial charge in [-0.2, -0.15) is 5.26 Å². The fourth-order valence-corrected chi connectivity index (χ4v) is 2.64. The van der Waals surface area contributed by atoms with Gasteiger partial charge < -0.3 is 10.6 Å². The number of nitrogens with one attached hydrogen (secondary N) is 2. The molecule has 6 heteroatoms. The number of likely N-dealkylation sites (N-methyl/N-ethyl adjacent to an activating group) is 1. The molecule has 21 heavy (non-hydrogen) atoms. The fourth-order valence-electron chi connectivity index (χ4n) is 2.47. The van der Waals surface area contributed by atoms with E-state index in [9.17, 15) is 4.79 Å². The number of anilines is 1. The van der Waals surface area contributed by atoms with Crippen molar-refractivity contribution in [1.82, 2.24) is 10.2 Å². The largest absolute Gasteiger partial charge is 0.381 e. The van der Waals surface area contributed by atoms with Crippen molar-refractivity contribution in [3.8, 4) is 6.07 Å². The number of likely N-dealkylation sites (tertiary alicyclic amines) is 1. The molecule has 1 aliphatic heterocycles. The van der Waals surface area contributed by atoms with Crippen LogP contribution < -0.4 is 10.6 Å². The van der Waals surface area contributed by atoms with Crippen LogP contribution >= 0.6 is 11.6 Å². The molecular formula is C15H19ClN4O. The predicted octanol–water partition coefficient (Wildman–Crippen LogP) is 1.83. The van der Waals surface area contributed by atoms with Crippen LogP contribution in [0.4, 0.5) is 5.69 Å². The van der Waals surface area contributed by atoms with Crippen molar-refractivity contribution < 1.29 is 4.79 Å². The molecule has 1 aromatic rings. The predicted molar refractivity (Wildman–Crippen MR) is 83.3 cm³/mol. The van der Waals surface area contributed by atoms with E-state index in [2.05, 4.69) is 21.6 Å². The number of halogens is 1. The molecule has 1 amide bonds. The lowest BCUT2D eigenvalue weighted by atomic mass is 10.0. The minimum atomic E-state index is 0.0471. The molecule has 1 aliphatic rings. The van der Waals surface area contributed by atoms with Gasteiger partial charge in [0.2, 0.25) is 5.91 Å². The van der Waals surface area contributed by atoms with Crippen molar-refractivity contribution in [1.29, 1.82) is 5.26 Å². The first kappa shape index (κ1) is 15.6. The molecule has 0 unspecified atom stereocenters. The maximum Gasteiger partial charge on any atom is 0.233 e. The van der Waals surface area contributed by atoms with Crippen molar-refractivity contribution in [3.63, 3.8) is 0 Å². The van der Waals surface area contributed by atoms with Crippen LogP contribution in [0.3, 0.4) is 0 Å². The van der Waals surface area contributed by atoms with E-state index >= 15 is 0 Å². The number of amides is 1. The van der Waals surface area contributed by atoms with Crippen molar-refractivity contribution in [2.24, 2.45) is 0 Å². The summed E-state index contributed by atoms with van der Waals surface area (Å²) in [4.78, 5) is 13.5. The van der Waals surface area contributed by atoms with Gasteiger partial charge in [-0.05, 0) is 31.0 Å². The molecule has 0 spiro atoms. The van der Waals surface area contributed by atoms with Crippen molar-refractivity contribution in [2.45, 2.75) is 18.9 Å². The minimum Gasteiger partial charge on any atom is -0.381 e. The topological polar surface area (TPSA) is 68.2 Å². The Morgan fingerprint density at radius 3 is 2.81 bits per heavy atom. The van der Waals surface area contributed by atoms with Gasteiger partial charge >= 0.3 is 0 Å². The molecule has 0 bridgehead atoms. The van der Waals surface area contributed by atoms with Gasteiger partial charge in [-0.1, -0.05) is 11.6 Å². The number of nitriles is 1. The van der Waals surface area contributed by atoms with Gasteiger partial charge in [0, 0.05) is 31.2 Å². The zero-order chi connectivity index (χ0) is 15.2. The Balaban J connectivity index is 1.89. The lowest BCUT2D eigenvalue weighted by Gasteiger charge is -2.32. The number of rotatable bonds is 4. The molecule has 0 saturated carbocycles. The number of hydrogen-bond acceptors (Lipinski definition) is 4. The molecule has 0 radical (unpaired) electrons. The molecule has 1 aromatic carbocycles. The number of benzene rings is 1. The van der Waals surface area contributed by atoms with Crippen LogP contribution in [0.5, 0.6) is 0 Å². The Morgan fingerprint density at radius 1 is 1.48 bits per heavy atom. The second-order valence-corrected chi connectivity index (χ2v) is 5.61. The van der Waals surface area contributed by atoms with E-state index in [-0.39, 0.29) is 5.91 Å². The fraction of sp³-hybridized carbons (Fsp3) is 0.467. The van der Waals surface area contributed by atoms with Gasteiger partial charge in [-0.3, -0.25) is 9.69 Å². The van der Waals surface area contributed by atoms with Crippen LogP contribution in [0.25, 0.3) is 0 Å². The number of hydrogen-bond donors (Lipinski definition) is 2. The first-order valence-electron chi connectivity index (χ1n) is 7.01. The molecule has 1 heterocycles. The molecular weight excluding hydrogens is 288 g/mol. The van der Waals surface area contributed by atoms with E-state index in [0.717, 1.165) is 31.6 Å². The third kappa shape index (κ3) is 4.35. The summed E-state index contributed by atoms with van der Waals surface area (Å²) < 4.78 is 0. The van der Waals surface area contributed by atoms with Crippen LogP contribution in [0.2, 0.25) is 5.02 Å². The summed E-state index contributed by atoms with van der Waals surface area (Å²) >= 11 is 5.90. The highest BCUT2D eigenvalue weighted by Gasteiger charge is 2.21. The van der Waals surface area contributed by atoms with Crippen LogP contribution in [-0.2, 0) is 4.79 Å². The maximum atomic E-state index is 11.4. The third-order valence-corrected chi connectivity index (χ3v) is 3.93. The van der Waals surface area contributed by atoms with E-state index in [1.54, 1.807) is 19.2 Å². The first-order chi connectivity index (χ1) is 10.1. The van der Waals surface area contributed by atoms with Gasteiger partial charge in [0.1, 0.15) is 6.07 Å². The lowest BCUT2D eigenvalue weighted by molar-refractivity contribution is -0.122. The van der Waals surface area contributed by atoms with E-state index in [4.69, 9.17) is 16.9 Å². The zero-order valence-electron chi connectivity index (χ0n) is 12.0. The summed E-state index contributed by atoms with van der Waals surface area (Å²) in [7, 11) is 1.65. The monoisotopic (exact) mass is 306 g/mol. The summed E-state index contributed by atoms with van der Waals surface area (Å²) in [5.41, 5.74) is 1.39. The normalized spacial score (nSPS) is 16.2. The van der Waals surface area contributed by atoms with Crippen molar-refractivity contribution >= 4 is 23.2 Å². The van der Waals surface area contributed by atoms with Crippen LogP contribution in [-0.4, -0.2) is 43.5 Å². The van der Waals surface area contributed by atoms with Crippen molar-refractivity contribution in [3.05, 3.63) is 28.8 Å². The average Bonchev–Trinajstić information content (AvgIpc) is 2.50. The molecule has 0 aromatic heterocycles. The Morgan fingerprint density at radius 2 is 2.19 bits per heavy atom. The third-order valence-electron chi connectivity index (χ3n) is 3.70. The average molecular weight is 307 g/mol. The van der Waals surface area contributed by atoms with Gasteiger partial charge in [0.25, 0.3) is 0 Å². The standard InChI is InChI=1S/C15H19ClN4O/c1-18-15(21)10-20-6-4-13(5-7-20)19-14-3-2-12(16)8-11(14)9-17/h2-3,8,13,19H,4-7,10H2,1H3,(H,18,21). The summed E-state index contributed by atoms with van der Waals surface area (Å²) in [6.07, 6.45) is 1.90. The number of nitrogens with zero attached hydrogens (tertiary/aromatic N) is 2. The van der Waals surface area contributed by atoms with E-state index < -0.39 is 0 Å². The number of piperidine rings is 1. The Hall–Kier alpha value is -1.77. The van der Waals surface area contributed by atoms with Gasteiger partial charge in [-0.15, -0.1) is 0 Å². The van der Waals surface area contributed by atoms with Crippen LogP contribution in [0, 0.1) is 11.3 Å².